The fourth-order valence-electron chi connectivity index (χ4n) is 3.92. The van der Waals surface area contributed by atoms with E-state index < -0.39 is 12.0 Å². The van der Waals surface area contributed by atoms with Gasteiger partial charge in [-0.15, -0.1) is 12.4 Å². The van der Waals surface area contributed by atoms with Gasteiger partial charge in [-0.2, -0.15) is 0 Å². The van der Waals surface area contributed by atoms with Gasteiger partial charge in [0.15, 0.2) is 0 Å². The summed E-state index contributed by atoms with van der Waals surface area (Å²) in [7, 11) is 0. The topological polar surface area (TPSA) is 78.9 Å². The quantitative estimate of drug-likeness (QED) is 0.784. The molecule has 0 unspecified atom stereocenters. The van der Waals surface area contributed by atoms with E-state index in [4.69, 9.17) is 4.74 Å². The molecule has 2 aliphatic rings. The average molecular weight is 383 g/mol. The maximum absolute atomic E-state index is 12.4. The van der Waals surface area contributed by atoms with Crippen molar-refractivity contribution in [3.05, 3.63) is 35.9 Å². The van der Waals surface area contributed by atoms with Crippen molar-refractivity contribution in [3.63, 3.8) is 0 Å². The number of hydrogen-bond donors (Lipinski definition) is 2. The number of carboxylic acid groups (broad SMARTS) is 1. The summed E-state index contributed by atoms with van der Waals surface area (Å²) in [4.78, 5) is 25.4. The number of amides is 1. The minimum atomic E-state index is -0.838. The molecule has 6 nitrogen and oxygen atoms in total. The van der Waals surface area contributed by atoms with Gasteiger partial charge >= 0.3 is 5.97 Å². The normalized spacial score (nSPS) is 22.4. The van der Waals surface area contributed by atoms with Crippen LogP contribution in [0.5, 0.6) is 0 Å². The molecule has 144 valence electrons. The largest absolute Gasteiger partial charge is 0.480 e. The first-order valence-electron chi connectivity index (χ1n) is 8.98. The summed E-state index contributed by atoms with van der Waals surface area (Å²) in [6, 6.07) is 9.73. The summed E-state index contributed by atoms with van der Waals surface area (Å²) in [5, 5.41) is 12.3. The number of ether oxygens (including phenoxy) is 1. The highest BCUT2D eigenvalue weighted by molar-refractivity contribution is 5.85. The van der Waals surface area contributed by atoms with Crippen LogP contribution in [0.1, 0.15) is 31.2 Å². The molecule has 1 amide bonds. The van der Waals surface area contributed by atoms with E-state index in [9.17, 15) is 14.7 Å². The second-order valence-electron chi connectivity index (χ2n) is 7.00. The number of hydrogen-bond acceptors (Lipinski definition) is 4. The number of carbonyl (C=O) groups excluding carboxylic acids is 1. The molecular weight excluding hydrogens is 356 g/mol. The van der Waals surface area contributed by atoms with Crippen molar-refractivity contribution in [3.8, 4) is 0 Å². The maximum Gasteiger partial charge on any atom is 0.320 e. The second kappa shape index (κ2) is 9.35. The van der Waals surface area contributed by atoms with Gasteiger partial charge in [-0.3, -0.25) is 14.5 Å². The summed E-state index contributed by atoms with van der Waals surface area (Å²) in [5.41, 5.74) is 1.12. The molecule has 2 heterocycles. The Bertz CT molecular complexity index is 605. The first kappa shape index (κ1) is 20.7. The van der Waals surface area contributed by atoms with Crippen molar-refractivity contribution in [2.75, 3.05) is 32.8 Å². The van der Waals surface area contributed by atoms with E-state index in [1.807, 2.05) is 18.2 Å². The molecule has 26 heavy (non-hydrogen) atoms. The van der Waals surface area contributed by atoms with Crippen LogP contribution in [0.4, 0.5) is 0 Å². The second-order valence-corrected chi connectivity index (χ2v) is 7.00. The van der Waals surface area contributed by atoms with Gasteiger partial charge in [0.05, 0.1) is 6.54 Å². The van der Waals surface area contributed by atoms with Crippen LogP contribution < -0.4 is 5.32 Å². The summed E-state index contributed by atoms with van der Waals surface area (Å²) in [5.74, 6) is -0.939. The highest BCUT2D eigenvalue weighted by Crippen LogP contribution is 2.34. The van der Waals surface area contributed by atoms with Gasteiger partial charge < -0.3 is 15.2 Å². The monoisotopic (exact) mass is 382 g/mol. The maximum atomic E-state index is 12.4. The van der Waals surface area contributed by atoms with E-state index in [0.717, 1.165) is 19.3 Å². The number of nitrogens with zero attached hydrogens (tertiary/aromatic N) is 1. The van der Waals surface area contributed by atoms with E-state index in [1.54, 1.807) is 4.90 Å². The van der Waals surface area contributed by atoms with Gasteiger partial charge in [-0.1, -0.05) is 30.3 Å². The molecule has 1 atom stereocenters. The lowest BCUT2D eigenvalue weighted by atomic mass is 9.74. The van der Waals surface area contributed by atoms with Crippen LogP contribution in [0.3, 0.4) is 0 Å². The van der Waals surface area contributed by atoms with Crippen molar-refractivity contribution in [1.82, 2.24) is 10.2 Å². The van der Waals surface area contributed by atoms with Crippen LogP contribution in [-0.4, -0.2) is 60.8 Å². The smallest absolute Gasteiger partial charge is 0.320 e. The zero-order valence-electron chi connectivity index (χ0n) is 14.9. The van der Waals surface area contributed by atoms with Gasteiger partial charge in [0.1, 0.15) is 6.04 Å². The van der Waals surface area contributed by atoms with Crippen molar-refractivity contribution in [1.29, 1.82) is 0 Å². The molecule has 3 rings (SSSR count). The van der Waals surface area contributed by atoms with Crippen LogP contribution in [0.2, 0.25) is 0 Å². The molecule has 2 aliphatic heterocycles. The third-order valence-electron chi connectivity index (χ3n) is 5.46. The van der Waals surface area contributed by atoms with E-state index in [2.05, 4.69) is 17.4 Å². The van der Waals surface area contributed by atoms with Crippen LogP contribution in [-0.2, 0) is 19.7 Å². The molecular formula is C19H27ClN2O4. The zero-order valence-corrected chi connectivity index (χ0v) is 15.7. The predicted octanol–water partition coefficient (Wildman–Crippen LogP) is 1.82. The molecule has 0 radical (unpaired) electrons. The molecule has 0 spiro atoms. The molecule has 2 saturated heterocycles. The Morgan fingerprint density at radius 1 is 1.23 bits per heavy atom. The highest BCUT2D eigenvalue weighted by Gasteiger charge is 2.36. The van der Waals surface area contributed by atoms with E-state index in [1.165, 1.54) is 5.56 Å². The molecule has 7 heteroatoms. The fraction of sp³-hybridized carbons (Fsp3) is 0.579. The Balaban J connectivity index is 0.00000243. The summed E-state index contributed by atoms with van der Waals surface area (Å²) in [6.45, 7) is 2.77. The van der Waals surface area contributed by atoms with Gasteiger partial charge in [0, 0.05) is 25.2 Å². The van der Waals surface area contributed by atoms with Crippen LogP contribution >= 0.6 is 12.4 Å². The summed E-state index contributed by atoms with van der Waals surface area (Å²) < 4.78 is 5.51. The van der Waals surface area contributed by atoms with Gasteiger partial charge in [0.25, 0.3) is 0 Å². The molecule has 0 aromatic heterocycles. The standard InChI is InChI=1S/C19H26N2O4.ClH/c22-17(13-21-10-4-7-16(21)18(23)24)20-14-19(8-11-25-12-9-19)15-5-2-1-3-6-15;/h1-3,5-6,16H,4,7-14H2,(H,20,22)(H,23,24);1H/t16-;/m1./s1. The first-order valence-corrected chi connectivity index (χ1v) is 8.98. The van der Waals surface area contributed by atoms with Crippen LogP contribution in [0.15, 0.2) is 30.3 Å². The van der Waals surface area contributed by atoms with E-state index >= 15 is 0 Å². The van der Waals surface area contributed by atoms with Gasteiger partial charge in [0.2, 0.25) is 5.91 Å². The lowest BCUT2D eigenvalue weighted by Gasteiger charge is -2.38. The number of halogens is 1. The Labute approximate surface area is 160 Å². The van der Waals surface area contributed by atoms with Gasteiger partial charge in [-0.05, 0) is 37.8 Å². The Morgan fingerprint density at radius 3 is 2.58 bits per heavy atom. The van der Waals surface area contributed by atoms with E-state index in [-0.39, 0.29) is 30.3 Å². The SMILES string of the molecule is Cl.O=C(CN1CCC[C@@H]1C(=O)O)NCC1(c2ccccc2)CCOCC1. The number of nitrogens with one attached hydrogen (secondary N) is 1. The van der Waals surface area contributed by atoms with Crippen molar-refractivity contribution in [2.24, 2.45) is 0 Å². The number of benzene rings is 1. The minimum absolute atomic E-state index is 0. The average Bonchev–Trinajstić information content (AvgIpc) is 3.10. The minimum Gasteiger partial charge on any atom is -0.480 e. The highest BCUT2D eigenvalue weighted by atomic mass is 35.5. The molecule has 2 fully saturated rings. The Hall–Kier alpha value is -1.63. The predicted molar refractivity (Wildman–Crippen MR) is 101 cm³/mol. The zero-order chi connectivity index (χ0) is 17.7. The first-order chi connectivity index (χ1) is 12.1. The lowest BCUT2D eigenvalue weighted by molar-refractivity contribution is -0.142. The third-order valence-corrected chi connectivity index (χ3v) is 5.46. The number of carbonyl (C=O) groups is 2. The number of likely N-dealkylation sites (tertiary alicyclic amines) is 1. The summed E-state index contributed by atoms with van der Waals surface area (Å²) in [6.07, 6.45) is 3.20. The molecule has 0 bridgehead atoms. The van der Waals surface area contributed by atoms with Crippen LogP contribution in [0.25, 0.3) is 0 Å². The number of rotatable bonds is 6. The molecule has 0 aliphatic carbocycles. The Morgan fingerprint density at radius 2 is 1.92 bits per heavy atom. The third kappa shape index (κ3) is 4.75. The molecule has 1 aromatic rings. The number of carboxylic acids is 1. The molecule has 2 N–H and O–H groups in total. The molecule has 0 saturated carbocycles. The number of aliphatic carboxylic acids is 1. The van der Waals surface area contributed by atoms with Crippen LogP contribution in [0, 0.1) is 0 Å². The van der Waals surface area contributed by atoms with Crippen molar-refractivity contribution in [2.45, 2.75) is 37.1 Å². The van der Waals surface area contributed by atoms with Gasteiger partial charge in [-0.25, -0.2) is 0 Å². The van der Waals surface area contributed by atoms with Crippen molar-refractivity contribution >= 4 is 24.3 Å². The molecule has 1 aromatic carbocycles. The fourth-order valence-corrected chi connectivity index (χ4v) is 3.92. The Kier molecular flexibility index (Phi) is 7.43. The van der Waals surface area contributed by atoms with Crippen molar-refractivity contribution < 1.29 is 19.4 Å². The summed E-state index contributed by atoms with van der Waals surface area (Å²) >= 11 is 0. The van der Waals surface area contributed by atoms with E-state index in [0.29, 0.717) is 32.7 Å². The lowest BCUT2D eigenvalue weighted by Crippen LogP contribution is -2.48.